The third-order valence-electron chi connectivity index (χ3n) is 3.99. The normalized spacial score (nSPS) is 10.5. The van der Waals surface area contributed by atoms with Crippen molar-refractivity contribution in [3.63, 3.8) is 0 Å². The second-order valence-corrected chi connectivity index (χ2v) is 6.82. The van der Waals surface area contributed by atoms with Crippen molar-refractivity contribution >= 4 is 23.4 Å². The predicted octanol–water partition coefficient (Wildman–Crippen LogP) is 2.98. The predicted molar refractivity (Wildman–Crippen MR) is 105 cm³/mol. The van der Waals surface area contributed by atoms with Crippen molar-refractivity contribution in [1.29, 1.82) is 5.26 Å². The van der Waals surface area contributed by atoms with Crippen LogP contribution in [-0.4, -0.2) is 33.1 Å². The second kappa shape index (κ2) is 9.16. The van der Waals surface area contributed by atoms with Gasteiger partial charge >= 0.3 is 0 Å². The molecule has 0 saturated carbocycles. The third kappa shape index (κ3) is 4.70. The van der Waals surface area contributed by atoms with Crippen molar-refractivity contribution in [1.82, 2.24) is 14.9 Å². The first-order valence-electron chi connectivity index (χ1n) is 8.52. The standard InChI is InChI=1S/C19H16F2N6OS/c20-13-6-8-14(9-7-13)26(11-3-10-22)17(28)12-29-19-25-24-18(27(19)23)15-4-1-2-5-16(15)21/h1-2,4-9H,3,11-12,23H2. The summed E-state index contributed by atoms with van der Waals surface area (Å²) in [6.45, 7) is 0.164. The van der Waals surface area contributed by atoms with E-state index in [1.165, 1.54) is 41.3 Å². The second-order valence-electron chi connectivity index (χ2n) is 5.87. The maximum absolute atomic E-state index is 14.0. The molecule has 0 spiro atoms. The minimum absolute atomic E-state index is 0.0462. The number of carbonyl (C=O) groups excluding carboxylic acids is 1. The van der Waals surface area contributed by atoms with Crippen LogP contribution in [0.3, 0.4) is 0 Å². The zero-order chi connectivity index (χ0) is 20.8. The van der Waals surface area contributed by atoms with Crippen molar-refractivity contribution < 1.29 is 13.6 Å². The Hall–Kier alpha value is -3.45. The lowest BCUT2D eigenvalue weighted by atomic mass is 10.2. The number of amides is 1. The number of nitrogen functional groups attached to an aromatic ring is 1. The molecule has 3 aromatic rings. The van der Waals surface area contributed by atoms with Gasteiger partial charge in [-0.1, -0.05) is 23.9 Å². The van der Waals surface area contributed by atoms with E-state index in [9.17, 15) is 13.6 Å². The molecular formula is C19H16F2N6OS. The van der Waals surface area contributed by atoms with Crippen LogP contribution in [0.1, 0.15) is 6.42 Å². The van der Waals surface area contributed by atoms with Crippen LogP contribution >= 0.6 is 11.8 Å². The Kier molecular flexibility index (Phi) is 6.41. The Morgan fingerprint density at radius 2 is 1.90 bits per heavy atom. The van der Waals surface area contributed by atoms with E-state index < -0.39 is 11.6 Å². The van der Waals surface area contributed by atoms with Gasteiger partial charge in [-0.25, -0.2) is 13.5 Å². The molecule has 1 aromatic heterocycles. The summed E-state index contributed by atoms with van der Waals surface area (Å²) in [5, 5.41) is 16.9. The summed E-state index contributed by atoms with van der Waals surface area (Å²) < 4.78 is 28.2. The van der Waals surface area contributed by atoms with Gasteiger partial charge in [0, 0.05) is 12.2 Å². The highest BCUT2D eigenvalue weighted by molar-refractivity contribution is 7.99. The lowest BCUT2D eigenvalue weighted by molar-refractivity contribution is -0.116. The van der Waals surface area contributed by atoms with E-state index in [2.05, 4.69) is 10.2 Å². The van der Waals surface area contributed by atoms with Crippen LogP contribution in [0, 0.1) is 23.0 Å². The highest BCUT2D eigenvalue weighted by Crippen LogP contribution is 2.24. The largest absolute Gasteiger partial charge is 0.335 e. The van der Waals surface area contributed by atoms with Crippen LogP contribution in [0.25, 0.3) is 11.4 Å². The summed E-state index contributed by atoms with van der Waals surface area (Å²) in [7, 11) is 0. The Bertz CT molecular complexity index is 1050. The number of aromatic nitrogens is 3. The lowest BCUT2D eigenvalue weighted by Gasteiger charge is -2.21. The number of halogens is 2. The molecule has 7 nitrogen and oxygen atoms in total. The summed E-state index contributed by atoms with van der Waals surface area (Å²) in [5.74, 6) is 4.84. The van der Waals surface area contributed by atoms with E-state index in [4.69, 9.17) is 11.1 Å². The van der Waals surface area contributed by atoms with Gasteiger partial charge in [0.25, 0.3) is 0 Å². The molecule has 0 aliphatic heterocycles. The van der Waals surface area contributed by atoms with Gasteiger partial charge in [-0.2, -0.15) is 5.26 Å². The molecule has 0 atom stereocenters. The Balaban J connectivity index is 1.74. The fourth-order valence-electron chi connectivity index (χ4n) is 2.59. The summed E-state index contributed by atoms with van der Waals surface area (Å²) in [6.07, 6.45) is 0.123. The van der Waals surface area contributed by atoms with Gasteiger partial charge in [-0.15, -0.1) is 10.2 Å². The third-order valence-corrected chi connectivity index (χ3v) is 4.92. The van der Waals surface area contributed by atoms with Gasteiger partial charge in [-0.3, -0.25) is 4.79 Å². The smallest absolute Gasteiger partial charge is 0.237 e. The van der Waals surface area contributed by atoms with E-state index in [0.717, 1.165) is 16.4 Å². The Morgan fingerprint density at radius 1 is 1.17 bits per heavy atom. The average Bonchev–Trinajstić information content (AvgIpc) is 3.08. The minimum atomic E-state index is -0.488. The quantitative estimate of drug-likeness (QED) is 0.471. The Labute approximate surface area is 169 Å². The molecule has 148 valence electrons. The highest BCUT2D eigenvalue weighted by Gasteiger charge is 2.19. The number of hydrogen-bond donors (Lipinski definition) is 1. The highest BCUT2D eigenvalue weighted by atomic mass is 32.2. The summed E-state index contributed by atoms with van der Waals surface area (Å²) in [6, 6.07) is 13.4. The molecule has 0 aliphatic carbocycles. The minimum Gasteiger partial charge on any atom is -0.335 e. The number of rotatable bonds is 7. The van der Waals surface area contributed by atoms with Crippen molar-refractivity contribution in [3.8, 4) is 17.5 Å². The average molecular weight is 414 g/mol. The van der Waals surface area contributed by atoms with Crippen molar-refractivity contribution in [2.75, 3.05) is 23.0 Å². The van der Waals surface area contributed by atoms with Crippen molar-refractivity contribution in [3.05, 3.63) is 60.2 Å². The zero-order valence-electron chi connectivity index (χ0n) is 15.1. The van der Waals surface area contributed by atoms with Gasteiger partial charge in [0.15, 0.2) is 5.82 Å². The fraction of sp³-hybridized carbons (Fsp3) is 0.158. The van der Waals surface area contributed by atoms with Crippen LogP contribution in [0.5, 0.6) is 0 Å². The lowest BCUT2D eigenvalue weighted by Crippen LogP contribution is -2.33. The van der Waals surface area contributed by atoms with Crippen molar-refractivity contribution in [2.45, 2.75) is 11.6 Å². The van der Waals surface area contributed by atoms with Gasteiger partial charge in [0.1, 0.15) is 11.6 Å². The molecule has 0 aliphatic rings. The number of nitrogens with zero attached hydrogens (tertiary/aromatic N) is 5. The zero-order valence-corrected chi connectivity index (χ0v) is 15.9. The molecule has 0 unspecified atom stereocenters. The summed E-state index contributed by atoms with van der Waals surface area (Å²) in [4.78, 5) is 14.1. The number of hydrogen-bond acceptors (Lipinski definition) is 6. The maximum atomic E-state index is 14.0. The van der Waals surface area contributed by atoms with Crippen LogP contribution in [-0.2, 0) is 4.79 Å². The maximum Gasteiger partial charge on any atom is 0.237 e. The fourth-order valence-corrected chi connectivity index (χ4v) is 3.32. The van der Waals surface area contributed by atoms with E-state index in [0.29, 0.717) is 5.69 Å². The monoisotopic (exact) mass is 414 g/mol. The van der Waals surface area contributed by atoms with Gasteiger partial charge in [0.2, 0.25) is 11.1 Å². The molecule has 0 radical (unpaired) electrons. The Morgan fingerprint density at radius 3 is 2.59 bits per heavy atom. The molecule has 10 heteroatoms. The van der Waals surface area contributed by atoms with Crippen LogP contribution in [0.4, 0.5) is 14.5 Å². The van der Waals surface area contributed by atoms with Crippen LogP contribution < -0.4 is 10.7 Å². The molecule has 0 saturated heterocycles. The van der Waals surface area contributed by atoms with Gasteiger partial charge in [0.05, 0.1) is 23.8 Å². The van der Waals surface area contributed by atoms with Crippen molar-refractivity contribution in [2.24, 2.45) is 0 Å². The first-order chi connectivity index (χ1) is 14.0. The molecule has 2 aromatic carbocycles. The molecule has 1 amide bonds. The number of anilines is 1. The molecule has 2 N–H and O–H groups in total. The topological polar surface area (TPSA) is 101 Å². The number of nitrogens with two attached hydrogens (primary N) is 1. The number of benzene rings is 2. The van der Waals surface area contributed by atoms with Crippen LogP contribution in [0.15, 0.2) is 53.7 Å². The molecule has 0 fully saturated rings. The number of thioether (sulfide) groups is 1. The first-order valence-corrected chi connectivity index (χ1v) is 9.51. The van der Waals surface area contributed by atoms with E-state index in [1.54, 1.807) is 12.1 Å². The molecule has 3 rings (SSSR count). The van der Waals surface area contributed by atoms with Crippen LogP contribution in [0.2, 0.25) is 0 Å². The number of nitriles is 1. The summed E-state index contributed by atoms with van der Waals surface area (Å²) in [5.41, 5.74) is 0.677. The van der Waals surface area contributed by atoms with E-state index >= 15 is 0 Å². The van der Waals surface area contributed by atoms with E-state index in [-0.39, 0.29) is 41.2 Å². The molecule has 29 heavy (non-hydrogen) atoms. The molecule has 1 heterocycles. The summed E-state index contributed by atoms with van der Waals surface area (Å²) >= 11 is 1.03. The molecule has 0 bridgehead atoms. The van der Waals surface area contributed by atoms with E-state index in [1.807, 2.05) is 6.07 Å². The number of carbonyl (C=O) groups is 1. The first kappa shape index (κ1) is 20.3. The molecular weight excluding hydrogens is 398 g/mol. The van der Waals surface area contributed by atoms with Gasteiger partial charge in [-0.05, 0) is 36.4 Å². The van der Waals surface area contributed by atoms with Gasteiger partial charge < -0.3 is 10.7 Å². The SMILES string of the molecule is N#CCCN(C(=O)CSc1nnc(-c2ccccc2F)n1N)c1ccc(F)cc1.